The van der Waals surface area contributed by atoms with E-state index in [4.69, 9.17) is 14.2 Å². The molecule has 2 N–H and O–H groups in total. The van der Waals surface area contributed by atoms with Gasteiger partial charge in [-0.3, -0.25) is 9.69 Å². The Morgan fingerprint density at radius 1 is 1.15 bits per heavy atom. The quantitative estimate of drug-likeness (QED) is 0.285. The fraction of sp³-hybridized carbons (Fsp3) is 0.387. The van der Waals surface area contributed by atoms with E-state index in [2.05, 4.69) is 20.1 Å². The zero-order valence-electron chi connectivity index (χ0n) is 23.5. The lowest BCUT2D eigenvalue weighted by Gasteiger charge is -2.35. The van der Waals surface area contributed by atoms with Crippen LogP contribution in [-0.2, 0) is 20.7 Å². The van der Waals surface area contributed by atoms with Crippen molar-refractivity contribution in [3.05, 3.63) is 65.2 Å². The van der Waals surface area contributed by atoms with E-state index in [-0.39, 0.29) is 12.5 Å². The second-order valence-electron chi connectivity index (χ2n) is 10.2. The Bertz CT molecular complexity index is 1430. The molecule has 0 aliphatic carbocycles. The summed E-state index contributed by atoms with van der Waals surface area (Å²) in [6.45, 7) is 7.05. The molecule has 0 bridgehead atoms. The Morgan fingerprint density at radius 2 is 1.95 bits per heavy atom. The summed E-state index contributed by atoms with van der Waals surface area (Å²) in [5.41, 5.74) is 4.07. The number of aromatic nitrogens is 1. The number of β-amino-alcohol motifs (C(OH)–C–C–N with tert-alkyl or cyclic N) is 1. The summed E-state index contributed by atoms with van der Waals surface area (Å²) in [5, 5.41) is 15.0. The van der Waals surface area contributed by atoms with E-state index in [1.807, 2.05) is 36.4 Å². The van der Waals surface area contributed by atoms with Crippen LogP contribution in [0.4, 0.5) is 5.69 Å². The molecule has 2 aliphatic rings. The van der Waals surface area contributed by atoms with E-state index in [1.165, 1.54) is 6.08 Å². The predicted molar refractivity (Wildman–Crippen MR) is 156 cm³/mol. The van der Waals surface area contributed by atoms with Crippen LogP contribution in [0.25, 0.3) is 17.0 Å². The average Bonchev–Trinajstić information content (AvgIpc) is 2.99. The molecule has 3 aromatic rings. The number of ether oxygens (including phenoxy) is 3. The largest absolute Gasteiger partial charge is 0.482 e. The van der Waals surface area contributed by atoms with Crippen LogP contribution < -0.4 is 14.8 Å². The molecule has 41 heavy (non-hydrogen) atoms. The summed E-state index contributed by atoms with van der Waals surface area (Å²) in [5.74, 6) is 0.637. The molecular formula is C31H36N4O6. The van der Waals surface area contributed by atoms with E-state index in [0.29, 0.717) is 30.3 Å². The Balaban J connectivity index is 1.19. The standard InChI is InChI=1S/C31H36N4O6/c1-3-40-30(38)11-6-22-5-7-24(31-23(22)8-10-29(33-31)39-2)26(36)19-35-16-14-34(15-17-35)13-12-21-4-9-27-25(18-21)32-28(37)20-41-27/h4-11,18,26,36H,3,12-17,19-20H2,1-2H3,(H,32,37)/b11-6+. The van der Waals surface area contributed by atoms with E-state index in [9.17, 15) is 14.7 Å². The van der Waals surface area contributed by atoms with Crippen molar-refractivity contribution in [3.8, 4) is 11.6 Å². The molecular weight excluding hydrogens is 524 g/mol. The van der Waals surface area contributed by atoms with Gasteiger partial charge in [0.05, 0.1) is 31.0 Å². The normalized spacial score (nSPS) is 16.7. The first-order valence-corrected chi connectivity index (χ1v) is 13.9. The highest BCUT2D eigenvalue weighted by Gasteiger charge is 2.22. The van der Waals surface area contributed by atoms with E-state index < -0.39 is 12.1 Å². The van der Waals surface area contributed by atoms with Crippen molar-refractivity contribution in [1.82, 2.24) is 14.8 Å². The smallest absolute Gasteiger partial charge is 0.330 e. The molecule has 0 spiro atoms. The summed E-state index contributed by atoms with van der Waals surface area (Å²) >= 11 is 0. The summed E-state index contributed by atoms with van der Waals surface area (Å²) in [6, 6.07) is 13.4. The van der Waals surface area contributed by atoms with Crippen LogP contribution in [-0.4, -0.2) is 91.4 Å². The second-order valence-corrected chi connectivity index (χ2v) is 10.2. The number of nitrogens with zero attached hydrogens (tertiary/aromatic N) is 3. The number of nitrogens with one attached hydrogen (secondary N) is 1. The maximum Gasteiger partial charge on any atom is 0.330 e. The predicted octanol–water partition coefficient (Wildman–Crippen LogP) is 3.04. The molecule has 1 atom stereocenters. The fourth-order valence-electron chi connectivity index (χ4n) is 5.23. The highest BCUT2D eigenvalue weighted by atomic mass is 16.5. The van der Waals surface area contributed by atoms with Crippen LogP contribution >= 0.6 is 0 Å². The number of esters is 1. The lowest BCUT2D eigenvalue weighted by molar-refractivity contribution is -0.137. The number of piperazine rings is 1. The highest BCUT2D eigenvalue weighted by Crippen LogP contribution is 2.30. The zero-order valence-corrected chi connectivity index (χ0v) is 23.5. The van der Waals surface area contributed by atoms with Crippen LogP contribution in [0.3, 0.4) is 0 Å². The van der Waals surface area contributed by atoms with Crippen LogP contribution in [0.15, 0.2) is 48.5 Å². The lowest BCUT2D eigenvalue weighted by Crippen LogP contribution is -2.47. The van der Waals surface area contributed by atoms with Crippen molar-refractivity contribution in [2.24, 2.45) is 0 Å². The minimum atomic E-state index is -0.736. The second kappa shape index (κ2) is 13.1. The maximum atomic E-state index is 11.8. The molecule has 5 rings (SSSR count). The van der Waals surface area contributed by atoms with Gasteiger partial charge in [-0.25, -0.2) is 9.78 Å². The molecule has 3 heterocycles. The molecule has 10 nitrogen and oxygen atoms in total. The summed E-state index contributed by atoms with van der Waals surface area (Å²) in [7, 11) is 1.56. The first-order chi connectivity index (χ1) is 19.9. The van der Waals surface area contributed by atoms with E-state index in [0.717, 1.165) is 66.9 Å². The Kier molecular flexibility index (Phi) is 9.13. The number of aliphatic hydroxyl groups excluding tert-OH is 1. The van der Waals surface area contributed by atoms with Gasteiger partial charge in [0.2, 0.25) is 5.88 Å². The summed E-state index contributed by atoms with van der Waals surface area (Å²) < 4.78 is 15.8. The van der Waals surface area contributed by atoms with Crippen molar-refractivity contribution in [2.45, 2.75) is 19.4 Å². The summed E-state index contributed by atoms with van der Waals surface area (Å²) in [6.07, 6.45) is 3.25. The zero-order chi connectivity index (χ0) is 28.8. The van der Waals surface area contributed by atoms with Gasteiger partial charge in [-0.2, -0.15) is 0 Å². The van der Waals surface area contributed by atoms with Gasteiger partial charge in [-0.1, -0.05) is 18.2 Å². The topological polar surface area (TPSA) is 113 Å². The van der Waals surface area contributed by atoms with Crippen molar-refractivity contribution in [3.63, 3.8) is 0 Å². The van der Waals surface area contributed by atoms with Crippen molar-refractivity contribution < 1.29 is 28.9 Å². The first-order valence-electron chi connectivity index (χ1n) is 13.9. The molecule has 0 saturated carbocycles. The Labute approximate surface area is 239 Å². The number of pyridine rings is 1. The number of carbonyl (C=O) groups is 2. The van der Waals surface area contributed by atoms with Gasteiger partial charge in [-0.05, 0) is 48.7 Å². The molecule has 1 amide bonds. The van der Waals surface area contributed by atoms with E-state index >= 15 is 0 Å². The number of hydrogen-bond donors (Lipinski definition) is 2. The van der Waals surface area contributed by atoms with E-state index in [1.54, 1.807) is 26.2 Å². The van der Waals surface area contributed by atoms with Gasteiger partial charge < -0.3 is 29.5 Å². The van der Waals surface area contributed by atoms with Gasteiger partial charge >= 0.3 is 5.97 Å². The number of aliphatic hydroxyl groups is 1. The molecule has 1 unspecified atom stereocenters. The number of fused-ring (bicyclic) bond motifs is 2. The third-order valence-electron chi connectivity index (χ3n) is 7.44. The highest BCUT2D eigenvalue weighted by molar-refractivity contribution is 5.96. The SMILES string of the molecule is CCOC(=O)/C=C/c1ccc(C(O)CN2CCN(CCc3ccc4c(c3)NC(=O)CO4)CC2)c2nc(OC)ccc12. The van der Waals surface area contributed by atoms with Crippen LogP contribution in [0.1, 0.15) is 29.7 Å². The fourth-order valence-corrected chi connectivity index (χ4v) is 5.23. The van der Waals surface area contributed by atoms with Gasteiger partial charge in [0.15, 0.2) is 6.61 Å². The number of anilines is 1. The van der Waals surface area contributed by atoms with Gasteiger partial charge in [-0.15, -0.1) is 0 Å². The van der Waals surface area contributed by atoms with Crippen LogP contribution in [0, 0.1) is 0 Å². The molecule has 216 valence electrons. The number of rotatable bonds is 10. The molecule has 1 saturated heterocycles. The average molecular weight is 561 g/mol. The third kappa shape index (κ3) is 7.02. The van der Waals surface area contributed by atoms with Crippen molar-refractivity contribution >= 4 is 34.5 Å². The number of hydrogen-bond acceptors (Lipinski definition) is 9. The Morgan fingerprint density at radius 3 is 2.73 bits per heavy atom. The molecule has 1 aromatic heterocycles. The number of methoxy groups -OCH3 is 1. The third-order valence-corrected chi connectivity index (χ3v) is 7.44. The number of benzene rings is 2. The van der Waals surface area contributed by atoms with Gasteiger partial charge in [0.1, 0.15) is 5.75 Å². The van der Waals surface area contributed by atoms with Gasteiger partial charge in [0, 0.05) is 62.4 Å². The summed E-state index contributed by atoms with van der Waals surface area (Å²) in [4.78, 5) is 32.8. The number of carbonyl (C=O) groups excluding carboxylic acids is 2. The van der Waals surface area contributed by atoms with Crippen LogP contribution in [0.2, 0.25) is 0 Å². The van der Waals surface area contributed by atoms with Gasteiger partial charge in [0.25, 0.3) is 5.91 Å². The molecule has 2 aliphatic heterocycles. The van der Waals surface area contributed by atoms with Crippen molar-refractivity contribution in [1.29, 1.82) is 0 Å². The molecule has 0 radical (unpaired) electrons. The first kappa shape index (κ1) is 28.5. The lowest BCUT2D eigenvalue weighted by atomic mass is 9.99. The monoisotopic (exact) mass is 560 g/mol. The number of amides is 1. The molecule has 10 heteroatoms. The van der Waals surface area contributed by atoms with Crippen LogP contribution in [0.5, 0.6) is 11.6 Å². The Hall–Kier alpha value is -3.99. The maximum absolute atomic E-state index is 11.8. The van der Waals surface area contributed by atoms with Crippen molar-refractivity contribution in [2.75, 3.05) is 64.9 Å². The minimum absolute atomic E-state index is 0.0615. The minimum Gasteiger partial charge on any atom is -0.482 e. The molecule has 2 aromatic carbocycles. The molecule has 1 fully saturated rings.